The summed E-state index contributed by atoms with van der Waals surface area (Å²) in [4.78, 5) is 12.0. The number of ether oxygens (including phenoxy) is 1. The minimum Gasteiger partial charge on any atom is -0.429 e. The van der Waals surface area contributed by atoms with Crippen LogP contribution in [0.4, 0.5) is 0 Å². The Morgan fingerprint density at radius 3 is 2.71 bits per heavy atom. The summed E-state index contributed by atoms with van der Waals surface area (Å²) in [6.45, 7) is 8.60. The van der Waals surface area contributed by atoms with Crippen LogP contribution < -0.4 is 15.4 Å². The van der Waals surface area contributed by atoms with Crippen molar-refractivity contribution in [1.82, 2.24) is 30.2 Å². The zero-order valence-corrected chi connectivity index (χ0v) is 28.8. The number of halogens is 1. The summed E-state index contributed by atoms with van der Waals surface area (Å²) in [5.41, 5.74) is 6.01. The summed E-state index contributed by atoms with van der Waals surface area (Å²) in [6, 6.07) is 8.28. The second-order valence-electron chi connectivity index (χ2n) is 14.2. The molecule has 2 aliphatic carbocycles. The van der Waals surface area contributed by atoms with Crippen LogP contribution >= 0.6 is 15.9 Å². The molecule has 10 nitrogen and oxygen atoms in total. The van der Waals surface area contributed by atoms with Gasteiger partial charge in [-0.2, -0.15) is 4.72 Å². The molecule has 3 aromatic rings. The fraction of sp³-hybridized carbons (Fsp3) is 0.636. The van der Waals surface area contributed by atoms with Gasteiger partial charge in [-0.05, 0) is 96.3 Å². The molecule has 2 saturated heterocycles. The van der Waals surface area contributed by atoms with Gasteiger partial charge >= 0.3 is 0 Å². The van der Waals surface area contributed by atoms with Crippen molar-refractivity contribution in [2.45, 2.75) is 109 Å². The zero-order valence-electron chi connectivity index (χ0n) is 26.4. The summed E-state index contributed by atoms with van der Waals surface area (Å²) < 4.78 is 43.8. The van der Waals surface area contributed by atoms with Crippen LogP contribution in [-0.4, -0.2) is 60.2 Å². The normalized spacial score (nSPS) is 31.9. The maximum atomic E-state index is 13.9. The number of nitrogens with one attached hydrogen (secondary N) is 3. The Morgan fingerprint density at radius 1 is 1.13 bits per heavy atom. The van der Waals surface area contributed by atoms with Crippen molar-refractivity contribution in [3.63, 3.8) is 0 Å². The largest absolute Gasteiger partial charge is 0.429 e. The molecule has 4 heterocycles. The molecule has 2 aliphatic heterocycles. The minimum atomic E-state index is -3.59. The van der Waals surface area contributed by atoms with Crippen molar-refractivity contribution in [2.24, 2.45) is 11.3 Å². The maximum Gasteiger partial charge on any atom is 0.246 e. The number of furan rings is 1. The molecule has 6 atom stereocenters. The Kier molecular flexibility index (Phi) is 8.86. The first kappa shape index (κ1) is 31.7. The lowest BCUT2D eigenvalue weighted by Crippen LogP contribution is -2.64. The Balaban J connectivity index is 1.22. The van der Waals surface area contributed by atoms with Gasteiger partial charge in [-0.1, -0.05) is 31.5 Å². The van der Waals surface area contributed by atoms with E-state index in [2.05, 4.69) is 80.1 Å². The third kappa shape index (κ3) is 7.17. The summed E-state index contributed by atoms with van der Waals surface area (Å²) >= 11 is 3.40. The highest BCUT2D eigenvalue weighted by Crippen LogP contribution is 2.50. The van der Waals surface area contributed by atoms with Gasteiger partial charge in [-0.25, -0.2) is 18.4 Å². The lowest BCUT2D eigenvalue weighted by atomic mass is 9.87. The molecule has 12 heteroatoms. The highest BCUT2D eigenvalue weighted by molar-refractivity contribution is 9.10. The van der Waals surface area contributed by atoms with Crippen LogP contribution in [0.5, 0.6) is 0 Å². The van der Waals surface area contributed by atoms with Crippen molar-refractivity contribution in [1.29, 1.82) is 0 Å². The topological polar surface area (TPSA) is 122 Å². The summed E-state index contributed by atoms with van der Waals surface area (Å²) in [5, 5.41) is 6.62. The molecule has 7 rings (SSSR count). The van der Waals surface area contributed by atoms with E-state index >= 15 is 0 Å². The van der Waals surface area contributed by atoms with E-state index in [4.69, 9.17) is 14.1 Å². The van der Waals surface area contributed by atoms with Gasteiger partial charge in [0.25, 0.3) is 0 Å². The van der Waals surface area contributed by atoms with E-state index in [9.17, 15) is 8.42 Å². The third-order valence-corrected chi connectivity index (χ3v) is 12.7. The van der Waals surface area contributed by atoms with Gasteiger partial charge in [0, 0.05) is 37.7 Å². The first-order chi connectivity index (χ1) is 21.5. The summed E-state index contributed by atoms with van der Waals surface area (Å²) in [7, 11) is -3.59. The van der Waals surface area contributed by atoms with Gasteiger partial charge in [0.1, 0.15) is 18.0 Å². The van der Waals surface area contributed by atoms with E-state index in [1.165, 1.54) is 29.5 Å². The van der Waals surface area contributed by atoms with E-state index in [1.807, 2.05) is 12.3 Å². The first-order valence-corrected chi connectivity index (χ1v) is 18.7. The summed E-state index contributed by atoms with van der Waals surface area (Å²) in [6.07, 6.45) is 8.28. The fourth-order valence-corrected chi connectivity index (χ4v) is 9.83. The van der Waals surface area contributed by atoms with Crippen LogP contribution in [0.3, 0.4) is 0 Å². The van der Waals surface area contributed by atoms with Crippen molar-refractivity contribution >= 4 is 37.2 Å². The lowest BCUT2D eigenvalue weighted by molar-refractivity contribution is -0.0496. The predicted octanol–water partition coefficient (Wildman–Crippen LogP) is 5.41. The van der Waals surface area contributed by atoms with Crippen LogP contribution in [0.2, 0.25) is 0 Å². The standard InChI is InChI=1S/C33H45BrN6O4S/c1-20-6-4-7-21(2)30(20)26-14-29-38-32(37-26)39-45(41,42)25-9-5-8-22(12-25)17-40(24(19-43-29)15-33(3)10-11-33)18-23-16-35-31-27(36-23)13-28(34)44-31/h4,6-7,13,16,22,24-26,29,32,37-39H,5,8-12,14-15,17-19H2,1-3H3/t22?,24-,25?,26?,29?,32?/m1/s1. The quantitative estimate of drug-likeness (QED) is 0.321. The molecular weight excluding hydrogens is 656 g/mol. The van der Waals surface area contributed by atoms with Crippen molar-refractivity contribution < 1.29 is 17.6 Å². The molecule has 0 spiro atoms. The fourth-order valence-electron chi connectivity index (χ4n) is 7.80. The van der Waals surface area contributed by atoms with Gasteiger partial charge in [0.15, 0.2) is 4.67 Å². The van der Waals surface area contributed by atoms with Gasteiger partial charge in [0.05, 0.1) is 23.7 Å². The number of rotatable bonds is 5. The van der Waals surface area contributed by atoms with Crippen LogP contribution in [0.25, 0.3) is 11.2 Å². The molecular formula is C33H45BrN6O4S. The van der Waals surface area contributed by atoms with Crippen molar-refractivity contribution in [3.8, 4) is 0 Å². The Hall–Kier alpha value is -1.93. The lowest BCUT2D eigenvalue weighted by Gasteiger charge is -2.40. The molecule has 244 valence electrons. The average Bonchev–Trinajstić information content (AvgIpc) is 3.59. The third-order valence-electron chi connectivity index (χ3n) is 10.5. The summed E-state index contributed by atoms with van der Waals surface area (Å²) in [5.74, 6) is 0.262. The van der Waals surface area contributed by atoms with E-state index < -0.39 is 21.6 Å². The molecule has 4 fully saturated rings. The number of benzene rings is 1. The Morgan fingerprint density at radius 2 is 1.93 bits per heavy atom. The number of hydrogen-bond donors (Lipinski definition) is 3. The number of hydrogen-bond acceptors (Lipinski definition) is 9. The molecule has 45 heavy (non-hydrogen) atoms. The van der Waals surface area contributed by atoms with Gasteiger partial charge in [-0.3, -0.25) is 15.5 Å². The second kappa shape index (κ2) is 12.6. The second-order valence-corrected chi connectivity index (χ2v) is 17.0. The molecule has 1 aromatic carbocycles. The number of aromatic nitrogens is 2. The monoisotopic (exact) mass is 700 g/mol. The van der Waals surface area contributed by atoms with Crippen LogP contribution in [-0.2, 0) is 21.3 Å². The number of sulfonamides is 1. The molecule has 2 saturated carbocycles. The molecule has 4 aliphatic rings. The molecule has 0 amide bonds. The van der Waals surface area contributed by atoms with Crippen molar-refractivity contribution in [3.05, 3.63) is 57.5 Å². The maximum absolute atomic E-state index is 13.9. The molecule has 4 bridgehead atoms. The number of fused-ring (bicyclic) bond motifs is 5. The van der Waals surface area contributed by atoms with Gasteiger partial charge in [-0.15, -0.1) is 0 Å². The van der Waals surface area contributed by atoms with Crippen LogP contribution in [0, 0.1) is 25.2 Å². The predicted molar refractivity (Wildman–Crippen MR) is 177 cm³/mol. The smallest absolute Gasteiger partial charge is 0.246 e. The Labute approximate surface area is 274 Å². The van der Waals surface area contributed by atoms with E-state index in [0.29, 0.717) is 48.2 Å². The SMILES string of the molecule is Cc1cccc(C)c1C1CC2NC(N1)NS(=O)(=O)C1CCCC(C1)CN(Cc1cnc3oc(Br)cc3n1)[C@H](CC1(C)CC1)CO2. The van der Waals surface area contributed by atoms with E-state index in [0.717, 1.165) is 37.0 Å². The molecule has 3 N–H and O–H groups in total. The van der Waals surface area contributed by atoms with E-state index in [-0.39, 0.29) is 24.2 Å². The minimum absolute atomic E-state index is 0.0545. The molecule has 0 radical (unpaired) electrons. The highest BCUT2D eigenvalue weighted by atomic mass is 79.9. The first-order valence-electron chi connectivity index (χ1n) is 16.4. The number of aryl methyl sites for hydroxylation is 2. The van der Waals surface area contributed by atoms with E-state index in [1.54, 1.807) is 0 Å². The molecule has 2 aromatic heterocycles. The zero-order chi connectivity index (χ0) is 31.3. The van der Waals surface area contributed by atoms with Gasteiger partial charge < -0.3 is 9.15 Å². The van der Waals surface area contributed by atoms with Crippen LogP contribution in [0.1, 0.15) is 86.7 Å². The van der Waals surface area contributed by atoms with Gasteiger partial charge in [0.2, 0.25) is 15.7 Å². The Bertz CT molecular complexity index is 1620. The molecule has 5 unspecified atom stereocenters. The average molecular weight is 702 g/mol. The highest BCUT2D eigenvalue weighted by Gasteiger charge is 2.43. The van der Waals surface area contributed by atoms with Crippen molar-refractivity contribution in [2.75, 3.05) is 13.2 Å². The van der Waals surface area contributed by atoms with Crippen LogP contribution in [0.15, 0.2) is 39.5 Å². The number of nitrogens with zero attached hydrogens (tertiary/aromatic N) is 3.